The fourth-order valence-electron chi connectivity index (χ4n) is 3.38. The third-order valence-electron chi connectivity index (χ3n) is 5.22. The van der Waals surface area contributed by atoms with Crippen LogP contribution in [-0.2, 0) is 4.79 Å². The smallest absolute Gasteiger partial charge is 0.311 e. The number of carboxylic acids is 1. The molecule has 0 aliphatic carbocycles. The van der Waals surface area contributed by atoms with E-state index >= 15 is 0 Å². The molecule has 2 heterocycles. The van der Waals surface area contributed by atoms with Crippen LogP contribution in [0.3, 0.4) is 0 Å². The summed E-state index contributed by atoms with van der Waals surface area (Å²) in [5.74, 6) is -2.20. The van der Waals surface area contributed by atoms with Crippen LogP contribution in [0, 0.1) is 17.2 Å². The summed E-state index contributed by atoms with van der Waals surface area (Å²) in [6.45, 7) is 3.99. The minimum Gasteiger partial charge on any atom is -0.481 e. The molecule has 27 heavy (non-hydrogen) atoms. The number of likely N-dealkylation sites (tertiary alicyclic amines) is 1. The predicted molar refractivity (Wildman–Crippen MR) is 95.2 cm³/mol. The van der Waals surface area contributed by atoms with Crippen LogP contribution in [0.5, 0.6) is 0 Å². The van der Waals surface area contributed by atoms with Crippen LogP contribution < -0.4 is 5.56 Å². The van der Waals surface area contributed by atoms with Gasteiger partial charge in [0.2, 0.25) is 0 Å². The Bertz CT molecular complexity index is 956. The third kappa shape index (κ3) is 3.22. The molecule has 7 nitrogen and oxygen atoms in total. The van der Waals surface area contributed by atoms with Gasteiger partial charge in [-0.05, 0) is 30.5 Å². The summed E-state index contributed by atoms with van der Waals surface area (Å²) < 4.78 is 14.8. The molecule has 0 saturated carbocycles. The maximum Gasteiger partial charge on any atom is 0.311 e. The van der Waals surface area contributed by atoms with E-state index in [4.69, 9.17) is 0 Å². The van der Waals surface area contributed by atoms with Gasteiger partial charge in [-0.2, -0.15) is 9.78 Å². The van der Waals surface area contributed by atoms with E-state index in [2.05, 4.69) is 5.10 Å². The molecule has 142 valence electrons. The highest BCUT2D eigenvalue weighted by molar-refractivity contribution is 5.93. The zero-order chi connectivity index (χ0) is 19.8. The Morgan fingerprint density at radius 2 is 1.93 bits per heavy atom. The van der Waals surface area contributed by atoms with E-state index in [1.54, 1.807) is 6.07 Å². The molecular weight excluding hydrogens is 353 g/mol. The van der Waals surface area contributed by atoms with Gasteiger partial charge >= 0.3 is 5.97 Å². The molecular formula is C19H20FN3O4. The van der Waals surface area contributed by atoms with Crippen LogP contribution in [-0.4, -0.2) is 44.8 Å². The van der Waals surface area contributed by atoms with Gasteiger partial charge in [0.15, 0.2) is 0 Å². The van der Waals surface area contributed by atoms with Crippen LogP contribution >= 0.6 is 0 Å². The van der Waals surface area contributed by atoms with Crippen molar-refractivity contribution in [3.63, 3.8) is 0 Å². The molecule has 1 atom stereocenters. The van der Waals surface area contributed by atoms with Crippen LogP contribution in [0.2, 0.25) is 0 Å². The van der Waals surface area contributed by atoms with Crippen molar-refractivity contribution in [2.75, 3.05) is 13.1 Å². The van der Waals surface area contributed by atoms with Crippen LogP contribution in [0.15, 0.2) is 41.2 Å². The molecule has 2 aromatic rings. The highest BCUT2D eigenvalue weighted by atomic mass is 19.1. The van der Waals surface area contributed by atoms with Gasteiger partial charge in [-0.1, -0.05) is 26.0 Å². The lowest BCUT2D eigenvalue weighted by molar-refractivity contribution is -0.150. The summed E-state index contributed by atoms with van der Waals surface area (Å²) in [6, 6.07) is 8.06. The summed E-state index contributed by atoms with van der Waals surface area (Å²) in [5.41, 5.74) is -1.67. The first-order valence-electron chi connectivity index (χ1n) is 8.64. The van der Waals surface area contributed by atoms with Crippen molar-refractivity contribution in [1.29, 1.82) is 0 Å². The second-order valence-corrected chi connectivity index (χ2v) is 7.01. The summed E-state index contributed by atoms with van der Waals surface area (Å²) in [6.07, 6.45) is 0.346. The van der Waals surface area contributed by atoms with Gasteiger partial charge in [0.05, 0.1) is 5.41 Å². The fourth-order valence-corrected chi connectivity index (χ4v) is 3.38. The van der Waals surface area contributed by atoms with E-state index in [9.17, 15) is 23.9 Å². The number of amides is 1. The van der Waals surface area contributed by atoms with Gasteiger partial charge in [0, 0.05) is 19.2 Å². The lowest BCUT2D eigenvalue weighted by Crippen LogP contribution is -2.41. The summed E-state index contributed by atoms with van der Waals surface area (Å²) >= 11 is 0. The molecule has 1 unspecified atom stereocenters. The van der Waals surface area contributed by atoms with Gasteiger partial charge in [-0.25, -0.2) is 4.39 Å². The van der Waals surface area contributed by atoms with Crippen LogP contribution in [0.25, 0.3) is 5.69 Å². The lowest BCUT2D eigenvalue weighted by atomic mass is 9.76. The van der Waals surface area contributed by atoms with Gasteiger partial charge in [-0.15, -0.1) is 0 Å². The Hall–Kier alpha value is -3.03. The number of carboxylic acid groups (broad SMARTS) is 1. The van der Waals surface area contributed by atoms with E-state index in [1.165, 1.54) is 29.2 Å². The molecule has 1 N–H and O–H groups in total. The maximum absolute atomic E-state index is 14.0. The highest BCUT2D eigenvalue weighted by Gasteiger charge is 2.48. The second kappa shape index (κ2) is 6.94. The fraction of sp³-hybridized carbons (Fsp3) is 0.368. The molecule has 0 bridgehead atoms. The van der Waals surface area contributed by atoms with E-state index in [1.807, 2.05) is 13.8 Å². The molecule has 1 amide bonds. The molecule has 1 aromatic carbocycles. The molecule has 0 spiro atoms. The number of aliphatic carboxylic acids is 1. The number of para-hydroxylation sites is 1. The Morgan fingerprint density at radius 3 is 2.52 bits per heavy atom. The monoisotopic (exact) mass is 373 g/mol. The first-order valence-corrected chi connectivity index (χ1v) is 8.64. The van der Waals surface area contributed by atoms with Crippen molar-refractivity contribution in [1.82, 2.24) is 14.7 Å². The summed E-state index contributed by atoms with van der Waals surface area (Å²) in [7, 11) is 0. The summed E-state index contributed by atoms with van der Waals surface area (Å²) in [5, 5.41) is 13.6. The Labute approximate surface area is 155 Å². The molecule has 0 radical (unpaired) electrons. The van der Waals surface area contributed by atoms with Crippen molar-refractivity contribution in [2.45, 2.75) is 20.3 Å². The number of hydrogen-bond acceptors (Lipinski definition) is 4. The summed E-state index contributed by atoms with van der Waals surface area (Å²) in [4.78, 5) is 38.1. The molecule has 1 aliphatic heterocycles. The second-order valence-electron chi connectivity index (χ2n) is 7.01. The number of carbonyl (C=O) groups excluding carboxylic acids is 1. The molecule has 8 heteroatoms. The van der Waals surface area contributed by atoms with Gasteiger partial charge in [0.25, 0.3) is 11.5 Å². The average molecular weight is 373 g/mol. The third-order valence-corrected chi connectivity index (χ3v) is 5.22. The average Bonchev–Trinajstić information content (AvgIpc) is 3.09. The van der Waals surface area contributed by atoms with Crippen LogP contribution in [0.1, 0.15) is 30.8 Å². The molecule has 1 aromatic heterocycles. The van der Waals surface area contributed by atoms with E-state index in [0.717, 1.165) is 10.7 Å². The largest absolute Gasteiger partial charge is 0.481 e. The number of aromatic nitrogens is 2. The number of rotatable bonds is 4. The van der Waals surface area contributed by atoms with Gasteiger partial charge < -0.3 is 10.0 Å². The van der Waals surface area contributed by atoms with E-state index in [0.29, 0.717) is 6.42 Å². The normalized spacial score (nSPS) is 19.5. The van der Waals surface area contributed by atoms with Crippen molar-refractivity contribution in [3.8, 4) is 5.69 Å². The number of nitrogens with zero attached hydrogens (tertiary/aromatic N) is 3. The topological polar surface area (TPSA) is 92.5 Å². The first kappa shape index (κ1) is 18.8. The molecule has 3 rings (SSSR count). The van der Waals surface area contributed by atoms with Crippen molar-refractivity contribution in [2.24, 2.45) is 11.3 Å². The molecule has 1 saturated heterocycles. The first-order chi connectivity index (χ1) is 12.8. The zero-order valence-electron chi connectivity index (χ0n) is 15.1. The Kier molecular flexibility index (Phi) is 4.82. The quantitative estimate of drug-likeness (QED) is 0.884. The minimum atomic E-state index is -1.00. The molecule has 1 aliphatic rings. The lowest BCUT2D eigenvalue weighted by Gasteiger charge is -2.28. The zero-order valence-corrected chi connectivity index (χ0v) is 15.1. The standard InChI is InChI=1S/C19H20FN3O4/c1-12(2)19(18(26)27)9-10-22(11-19)17(25)14-7-8-16(24)23(21-14)15-6-4-3-5-13(15)20/h3-8,12H,9-11H2,1-2H3,(H,26,27). The van der Waals surface area contributed by atoms with Gasteiger partial charge in [0.1, 0.15) is 17.2 Å². The Morgan fingerprint density at radius 1 is 1.22 bits per heavy atom. The number of halogens is 1. The Balaban J connectivity index is 1.93. The highest BCUT2D eigenvalue weighted by Crippen LogP contribution is 2.38. The predicted octanol–water partition coefficient (Wildman–Crippen LogP) is 1.94. The van der Waals surface area contributed by atoms with Crippen molar-refractivity contribution >= 4 is 11.9 Å². The minimum absolute atomic E-state index is 0.0391. The van der Waals surface area contributed by atoms with E-state index < -0.39 is 28.7 Å². The van der Waals surface area contributed by atoms with Gasteiger partial charge in [-0.3, -0.25) is 14.4 Å². The molecule has 1 fully saturated rings. The number of hydrogen-bond donors (Lipinski definition) is 1. The van der Waals surface area contributed by atoms with Crippen molar-refractivity contribution < 1.29 is 19.1 Å². The van der Waals surface area contributed by atoms with Crippen LogP contribution in [0.4, 0.5) is 4.39 Å². The SMILES string of the molecule is CC(C)C1(C(=O)O)CCN(C(=O)c2ccc(=O)n(-c3ccccc3F)n2)C1. The van der Waals surface area contributed by atoms with E-state index in [-0.39, 0.29) is 30.4 Å². The van der Waals surface area contributed by atoms with Crippen molar-refractivity contribution in [3.05, 3.63) is 58.3 Å². The number of benzene rings is 1. The number of carbonyl (C=O) groups is 2. The maximum atomic E-state index is 14.0.